The molecule has 3 saturated heterocycles. The van der Waals surface area contributed by atoms with Gasteiger partial charge in [-0.15, -0.1) is 0 Å². The van der Waals surface area contributed by atoms with Crippen LogP contribution in [0.25, 0.3) is 10.9 Å². The first-order chi connectivity index (χ1) is 21.9. The van der Waals surface area contributed by atoms with Gasteiger partial charge in [0, 0.05) is 49.2 Å². The zero-order valence-electron chi connectivity index (χ0n) is 26.9. The van der Waals surface area contributed by atoms with E-state index < -0.39 is 37.3 Å². The summed E-state index contributed by atoms with van der Waals surface area (Å²) in [5, 5.41) is 40.4. The molecule has 0 amide bonds. The van der Waals surface area contributed by atoms with Gasteiger partial charge in [0.2, 0.25) is 5.91 Å². The molecule has 10 atom stereocenters. The predicted molar refractivity (Wildman–Crippen MR) is 169 cm³/mol. The van der Waals surface area contributed by atoms with Crippen LogP contribution in [0.2, 0.25) is 0 Å². The standard InChI is InChI=1S/C35H52N2O8/c1-3-22-16-21-17-26-30(22)36(19-21)14-13-24-25-18-23(43-2)11-12-27(25)37(31(24)26)29(39)10-8-6-4-5-7-9-15-44-35-34(42)33(41)32(40)28(20-38)45-35/h11-12,18,21-22,26,28,30,32-35,38,40-42H,3-10,13-17,19-20H2,1-2H3/t21-,22-,26+,28?,30?,32+,33-,34?,35-/m0/s1. The SMILES string of the molecule is CC[C@H]1C[C@H]2C[C@H]3c4c(c5cc(OC)ccc5n4C(=O)CCCCCCCCO[C@H]4OC(CO)[C@@H](O)[C@H](O)C4O)CCN(C2)C13. The molecule has 0 spiro atoms. The van der Waals surface area contributed by atoms with Crippen LogP contribution in [0, 0.1) is 11.8 Å². The van der Waals surface area contributed by atoms with E-state index in [1.165, 1.54) is 42.5 Å². The van der Waals surface area contributed by atoms with E-state index in [2.05, 4.69) is 28.5 Å². The second-order valence-electron chi connectivity index (χ2n) is 13.8. The van der Waals surface area contributed by atoms with Crippen LogP contribution in [0.15, 0.2) is 18.2 Å². The average Bonchev–Trinajstić information content (AvgIpc) is 3.33. The fourth-order valence-corrected chi connectivity index (χ4v) is 8.83. The van der Waals surface area contributed by atoms with Gasteiger partial charge in [-0.2, -0.15) is 0 Å². The van der Waals surface area contributed by atoms with Crippen molar-refractivity contribution in [2.75, 3.05) is 33.4 Å². The molecule has 4 aliphatic heterocycles. The Bertz CT molecular complexity index is 1310. The molecule has 4 bridgehead atoms. The number of rotatable bonds is 13. The number of nitrogens with zero attached hydrogens (tertiary/aromatic N) is 2. The summed E-state index contributed by atoms with van der Waals surface area (Å²) in [6, 6.07) is 6.74. The highest BCUT2D eigenvalue weighted by Crippen LogP contribution is 2.52. The number of fused-ring (bicyclic) bond motifs is 4. The maximum Gasteiger partial charge on any atom is 0.231 e. The van der Waals surface area contributed by atoms with E-state index >= 15 is 0 Å². The van der Waals surface area contributed by atoms with Crippen molar-refractivity contribution in [3.8, 4) is 5.75 Å². The molecule has 250 valence electrons. The van der Waals surface area contributed by atoms with Crippen molar-refractivity contribution in [1.29, 1.82) is 0 Å². The maximum atomic E-state index is 14.0. The first-order valence-corrected chi connectivity index (χ1v) is 17.3. The van der Waals surface area contributed by atoms with Gasteiger partial charge in [0.05, 0.1) is 19.2 Å². The van der Waals surface area contributed by atoms with Gasteiger partial charge in [-0.25, -0.2) is 0 Å². The number of aromatic nitrogens is 1. The largest absolute Gasteiger partial charge is 0.497 e. The molecule has 1 saturated carbocycles. The van der Waals surface area contributed by atoms with E-state index in [4.69, 9.17) is 14.2 Å². The van der Waals surface area contributed by atoms with Crippen molar-refractivity contribution < 1.29 is 39.4 Å². The molecule has 5 aliphatic rings. The molecule has 5 heterocycles. The molecule has 0 radical (unpaired) electrons. The van der Waals surface area contributed by atoms with Crippen LogP contribution in [0.4, 0.5) is 0 Å². The van der Waals surface area contributed by atoms with Crippen LogP contribution in [0.3, 0.4) is 0 Å². The Kier molecular flexibility index (Phi) is 10.5. The molecule has 10 heteroatoms. The minimum atomic E-state index is -1.42. The lowest BCUT2D eigenvalue weighted by atomic mass is 9.65. The third-order valence-corrected chi connectivity index (χ3v) is 11.0. The number of carbonyl (C=O) groups is 1. The van der Waals surface area contributed by atoms with Gasteiger partial charge >= 0.3 is 0 Å². The summed E-state index contributed by atoms with van der Waals surface area (Å²) in [5.41, 5.74) is 3.68. The highest BCUT2D eigenvalue weighted by molar-refractivity contribution is 5.97. The molecule has 1 aliphatic carbocycles. The topological polar surface area (TPSA) is 134 Å². The zero-order valence-corrected chi connectivity index (χ0v) is 26.9. The monoisotopic (exact) mass is 628 g/mol. The molecule has 4 unspecified atom stereocenters. The third kappa shape index (κ3) is 6.44. The molecular formula is C35H52N2O8. The summed E-state index contributed by atoms with van der Waals surface area (Å²) in [4.78, 5) is 16.8. The molecule has 2 aromatic rings. The highest BCUT2D eigenvalue weighted by atomic mass is 16.7. The Morgan fingerprint density at radius 2 is 1.80 bits per heavy atom. The van der Waals surface area contributed by atoms with Crippen molar-refractivity contribution in [3.05, 3.63) is 29.5 Å². The average molecular weight is 629 g/mol. The van der Waals surface area contributed by atoms with E-state index in [0.717, 1.165) is 68.7 Å². The van der Waals surface area contributed by atoms with Crippen molar-refractivity contribution in [1.82, 2.24) is 9.47 Å². The number of ether oxygens (including phenoxy) is 3. The normalized spacial score (nSPS) is 34.1. The Morgan fingerprint density at radius 3 is 2.56 bits per heavy atom. The number of aliphatic hydroxyl groups is 4. The Hall–Kier alpha value is -2.05. The molecule has 4 N–H and O–H groups in total. The van der Waals surface area contributed by atoms with Crippen molar-refractivity contribution in [2.24, 2.45) is 11.8 Å². The molecule has 4 fully saturated rings. The van der Waals surface area contributed by atoms with Crippen molar-refractivity contribution in [3.63, 3.8) is 0 Å². The van der Waals surface area contributed by atoms with E-state index in [-0.39, 0.29) is 5.91 Å². The number of carbonyl (C=O) groups excluding carboxylic acids is 1. The van der Waals surface area contributed by atoms with E-state index in [9.17, 15) is 25.2 Å². The van der Waals surface area contributed by atoms with Crippen molar-refractivity contribution >= 4 is 16.8 Å². The lowest BCUT2D eigenvalue weighted by Gasteiger charge is -2.53. The quantitative estimate of drug-likeness (QED) is 0.246. The fourth-order valence-electron chi connectivity index (χ4n) is 8.83. The zero-order chi connectivity index (χ0) is 31.7. The van der Waals surface area contributed by atoms with Crippen LogP contribution in [0.1, 0.15) is 93.1 Å². The summed E-state index contributed by atoms with van der Waals surface area (Å²) < 4.78 is 18.7. The number of unbranched alkanes of at least 4 members (excludes halogenated alkanes) is 5. The van der Waals surface area contributed by atoms with Gasteiger partial charge in [-0.3, -0.25) is 14.3 Å². The predicted octanol–water partition coefficient (Wildman–Crippen LogP) is 3.60. The van der Waals surface area contributed by atoms with E-state index in [1.807, 2.05) is 6.07 Å². The van der Waals surface area contributed by atoms with Crippen LogP contribution in [0.5, 0.6) is 5.75 Å². The summed E-state index contributed by atoms with van der Waals surface area (Å²) in [6.07, 6.45) is 4.57. The molecular weight excluding hydrogens is 576 g/mol. The number of methoxy groups -OCH3 is 1. The first-order valence-electron chi connectivity index (χ1n) is 17.3. The van der Waals surface area contributed by atoms with Crippen LogP contribution >= 0.6 is 0 Å². The Morgan fingerprint density at radius 1 is 1.02 bits per heavy atom. The summed E-state index contributed by atoms with van der Waals surface area (Å²) in [6.45, 7) is 4.48. The summed E-state index contributed by atoms with van der Waals surface area (Å²) in [5.74, 6) is 2.88. The van der Waals surface area contributed by atoms with Crippen LogP contribution in [-0.2, 0) is 15.9 Å². The minimum Gasteiger partial charge on any atom is -0.497 e. The molecule has 7 rings (SSSR count). The van der Waals surface area contributed by atoms with Crippen molar-refractivity contribution in [2.45, 2.75) is 120 Å². The number of aliphatic hydroxyl groups excluding tert-OH is 4. The van der Waals surface area contributed by atoms with Gasteiger partial charge < -0.3 is 34.6 Å². The van der Waals surface area contributed by atoms with E-state index in [0.29, 0.717) is 30.9 Å². The van der Waals surface area contributed by atoms with Crippen LogP contribution < -0.4 is 4.74 Å². The van der Waals surface area contributed by atoms with Crippen LogP contribution in [-0.4, -0.2) is 106 Å². The number of benzene rings is 1. The Labute approximate surface area is 266 Å². The fraction of sp³-hybridized carbons (Fsp3) is 0.743. The van der Waals surface area contributed by atoms with Gasteiger partial charge in [0.25, 0.3) is 0 Å². The summed E-state index contributed by atoms with van der Waals surface area (Å²) >= 11 is 0. The molecule has 1 aromatic carbocycles. The number of hydrogen-bond donors (Lipinski definition) is 4. The molecule has 45 heavy (non-hydrogen) atoms. The lowest BCUT2D eigenvalue weighted by Crippen LogP contribution is -2.59. The molecule has 10 nitrogen and oxygen atoms in total. The van der Waals surface area contributed by atoms with Gasteiger partial charge in [-0.1, -0.05) is 39.0 Å². The summed E-state index contributed by atoms with van der Waals surface area (Å²) in [7, 11) is 1.71. The number of hydrogen-bond acceptors (Lipinski definition) is 9. The second-order valence-corrected chi connectivity index (χ2v) is 13.8. The smallest absolute Gasteiger partial charge is 0.231 e. The van der Waals surface area contributed by atoms with Gasteiger partial charge in [0.15, 0.2) is 6.29 Å². The lowest BCUT2D eigenvalue weighted by molar-refractivity contribution is -0.301. The maximum absolute atomic E-state index is 14.0. The minimum absolute atomic E-state index is 0.210. The van der Waals surface area contributed by atoms with E-state index in [1.54, 1.807) is 7.11 Å². The Balaban J connectivity index is 1.03. The van der Waals surface area contributed by atoms with Gasteiger partial charge in [-0.05, 0) is 67.7 Å². The van der Waals surface area contributed by atoms with Gasteiger partial charge in [0.1, 0.15) is 30.2 Å². The second kappa shape index (κ2) is 14.4. The molecule has 1 aromatic heterocycles. The third-order valence-electron chi connectivity index (χ3n) is 11.0. The first kappa shape index (κ1) is 32.9. The number of piperidine rings is 2. The highest BCUT2D eigenvalue weighted by Gasteiger charge is 2.50.